The molecule has 0 aliphatic carbocycles. The molecule has 3 N–H and O–H groups in total. The highest BCUT2D eigenvalue weighted by Crippen LogP contribution is 2.03. The van der Waals surface area contributed by atoms with E-state index in [1.165, 1.54) is 7.05 Å². The molecule has 0 spiro atoms. The van der Waals surface area contributed by atoms with Crippen molar-refractivity contribution in [2.45, 2.75) is 12.9 Å². The Morgan fingerprint density at radius 1 is 1.57 bits per heavy atom. The number of hydrogen-bond acceptors (Lipinski definition) is 4. The average Bonchev–Trinajstić information content (AvgIpc) is 2.21. The largest absolute Gasteiger partial charge is 0.480 e. The highest BCUT2D eigenvalue weighted by molar-refractivity contribution is 8.13. The molecule has 0 radical (unpaired) electrons. The summed E-state index contributed by atoms with van der Waals surface area (Å²) in [6.45, 7) is -2.91. The maximum atomic E-state index is 11.0. The lowest BCUT2D eigenvalue weighted by molar-refractivity contribution is -0.140. The number of carbonyl (C=O) groups excluding carboxylic acids is 2. The second-order valence-electron chi connectivity index (χ2n) is 2.21. The van der Waals surface area contributed by atoms with Gasteiger partial charge in [-0.1, -0.05) is 11.8 Å². The molecule has 1 atom stereocenters. The molecular formula is C7H12N2O4S. The molecule has 0 saturated carbocycles. The third-order valence-corrected chi connectivity index (χ3v) is 2.15. The topological polar surface area (TPSA) is 95.5 Å². The summed E-state index contributed by atoms with van der Waals surface area (Å²) >= 11 is 0.636. The van der Waals surface area contributed by atoms with Crippen molar-refractivity contribution in [3.8, 4) is 0 Å². The summed E-state index contributed by atoms with van der Waals surface area (Å²) in [5.74, 6) is -3.02. The van der Waals surface area contributed by atoms with Crippen LogP contribution in [0.3, 0.4) is 0 Å². The van der Waals surface area contributed by atoms with E-state index in [0.29, 0.717) is 11.8 Å². The van der Waals surface area contributed by atoms with Gasteiger partial charge in [-0.2, -0.15) is 0 Å². The minimum absolute atomic E-state index is 0.253. The molecule has 0 aromatic heterocycles. The molecule has 0 heterocycles. The van der Waals surface area contributed by atoms with Crippen LogP contribution in [0.2, 0.25) is 0 Å². The fourth-order valence-corrected chi connectivity index (χ4v) is 1.25. The number of thioether (sulfide) groups is 1. The van der Waals surface area contributed by atoms with E-state index in [0.717, 1.165) is 0 Å². The Labute approximate surface area is 89.6 Å². The lowest BCUT2D eigenvalue weighted by Gasteiger charge is -2.11. The Bertz CT molecular complexity index is 321. The van der Waals surface area contributed by atoms with Crippen molar-refractivity contribution < 1.29 is 23.6 Å². The minimum atomic E-state index is -2.91. The van der Waals surface area contributed by atoms with Crippen LogP contribution in [0.5, 0.6) is 0 Å². The molecule has 6 nitrogen and oxygen atoms in total. The molecule has 0 rings (SSSR count). The third kappa shape index (κ3) is 5.41. The summed E-state index contributed by atoms with van der Waals surface area (Å²) in [4.78, 5) is 32.6. The van der Waals surface area contributed by atoms with Crippen LogP contribution >= 0.6 is 11.8 Å². The monoisotopic (exact) mass is 223 g/mol. The Balaban J connectivity index is 4.41. The summed E-state index contributed by atoms with van der Waals surface area (Å²) in [7, 11) is 1.37. The standard InChI is InChI=1S/C7H12N2O4S/c1-4(10)9-5(6(11)12)3-14-7(13)8-2/h5H,3H2,1-2H3,(H,8,13)(H,9,10)(H,11,12)/t5-/m0/s1/i1D3. The lowest BCUT2D eigenvalue weighted by Crippen LogP contribution is -2.41. The lowest BCUT2D eigenvalue weighted by atomic mass is 10.3. The van der Waals surface area contributed by atoms with E-state index in [4.69, 9.17) is 9.22 Å². The number of amides is 2. The minimum Gasteiger partial charge on any atom is -0.480 e. The molecule has 0 aliphatic heterocycles. The van der Waals surface area contributed by atoms with Gasteiger partial charge in [-0.15, -0.1) is 0 Å². The van der Waals surface area contributed by atoms with E-state index in [2.05, 4.69) is 5.32 Å². The molecule has 0 aliphatic rings. The molecule has 0 fully saturated rings. The van der Waals surface area contributed by atoms with Gasteiger partial charge in [0.25, 0.3) is 5.24 Å². The van der Waals surface area contributed by atoms with Gasteiger partial charge in [-0.05, 0) is 0 Å². The van der Waals surface area contributed by atoms with Gasteiger partial charge in [0, 0.05) is 23.8 Å². The first kappa shape index (κ1) is 8.10. The van der Waals surface area contributed by atoms with Crippen molar-refractivity contribution in [1.82, 2.24) is 10.6 Å². The summed E-state index contributed by atoms with van der Waals surface area (Å²) < 4.78 is 20.3. The van der Waals surface area contributed by atoms with Crippen molar-refractivity contribution in [2.24, 2.45) is 0 Å². The second kappa shape index (κ2) is 6.25. The molecule has 0 unspecified atom stereocenters. The predicted octanol–water partition coefficient (Wildman–Crippen LogP) is -0.352. The summed E-state index contributed by atoms with van der Waals surface area (Å²) in [5.41, 5.74) is 0. The van der Waals surface area contributed by atoms with E-state index in [9.17, 15) is 14.4 Å². The van der Waals surface area contributed by atoms with Crippen LogP contribution in [0.4, 0.5) is 4.79 Å². The van der Waals surface area contributed by atoms with Crippen LogP contribution < -0.4 is 10.6 Å². The molecule has 2 amide bonds. The van der Waals surface area contributed by atoms with Gasteiger partial charge in [0.05, 0.1) is 0 Å². The number of carbonyl (C=O) groups is 3. The van der Waals surface area contributed by atoms with Crippen LogP contribution in [0.1, 0.15) is 11.0 Å². The van der Waals surface area contributed by atoms with Crippen molar-refractivity contribution in [3.05, 3.63) is 0 Å². The molecule has 80 valence electrons. The molecule has 0 aromatic carbocycles. The Morgan fingerprint density at radius 2 is 2.21 bits per heavy atom. The molecule has 7 heteroatoms. The highest BCUT2D eigenvalue weighted by atomic mass is 32.2. The fourth-order valence-electron chi connectivity index (χ4n) is 0.564. The van der Waals surface area contributed by atoms with E-state index in [1.54, 1.807) is 0 Å². The number of rotatable bonds is 4. The molecule has 0 bridgehead atoms. The zero-order valence-electron chi connectivity index (χ0n) is 10.4. The number of aliphatic carboxylic acids is 1. The third-order valence-electron chi connectivity index (χ3n) is 1.19. The van der Waals surface area contributed by atoms with Crippen LogP contribution in [-0.4, -0.2) is 41.1 Å². The number of hydrogen-bond donors (Lipinski definition) is 3. The molecule has 0 saturated heterocycles. The van der Waals surface area contributed by atoms with Crippen LogP contribution in [0, 0.1) is 0 Å². The fraction of sp³-hybridized carbons (Fsp3) is 0.571. The molecule has 0 aromatic rings. The van der Waals surface area contributed by atoms with Gasteiger partial charge in [-0.25, -0.2) is 4.79 Å². The van der Waals surface area contributed by atoms with Crippen LogP contribution in [-0.2, 0) is 9.59 Å². The zero-order chi connectivity index (χ0) is 13.6. The average molecular weight is 223 g/mol. The smallest absolute Gasteiger partial charge is 0.327 e. The van der Waals surface area contributed by atoms with Gasteiger partial charge in [0.1, 0.15) is 6.04 Å². The summed E-state index contributed by atoms with van der Waals surface area (Å²) in [6, 6.07) is -1.43. The number of nitrogens with one attached hydrogen (secondary N) is 2. The van der Waals surface area contributed by atoms with Crippen molar-refractivity contribution in [2.75, 3.05) is 12.8 Å². The summed E-state index contributed by atoms with van der Waals surface area (Å²) in [5, 5.41) is 12.3. The summed E-state index contributed by atoms with van der Waals surface area (Å²) in [6.07, 6.45) is 0. The van der Waals surface area contributed by atoms with Gasteiger partial charge in [0.2, 0.25) is 5.91 Å². The van der Waals surface area contributed by atoms with Crippen LogP contribution in [0.25, 0.3) is 0 Å². The Kier molecular flexibility index (Phi) is 3.62. The van der Waals surface area contributed by atoms with Gasteiger partial charge in [-0.3, -0.25) is 9.59 Å². The number of carboxylic acids is 1. The quantitative estimate of drug-likeness (QED) is 0.605. The zero-order valence-corrected chi connectivity index (χ0v) is 8.18. The van der Waals surface area contributed by atoms with Gasteiger partial charge >= 0.3 is 5.97 Å². The molecule has 14 heavy (non-hydrogen) atoms. The van der Waals surface area contributed by atoms with Crippen molar-refractivity contribution in [1.29, 1.82) is 0 Å². The Hall–Kier alpha value is -1.24. The van der Waals surface area contributed by atoms with E-state index >= 15 is 0 Å². The Morgan fingerprint density at radius 3 is 2.64 bits per heavy atom. The maximum absolute atomic E-state index is 11.0. The predicted molar refractivity (Wildman–Crippen MR) is 52.2 cm³/mol. The molecular weight excluding hydrogens is 208 g/mol. The first-order chi connectivity index (χ1) is 7.68. The van der Waals surface area contributed by atoms with Gasteiger partial charge < -0.3 is 15.7 Å². The number of carboxylic acid groups (broad SMARTS) is 1. The SMILES string of the molecule is [2H]C([2H])([2H])C(=O)N[C@@H](CSC(=O)NC)C(=O)O. The normalized spacial score (nSPS) is 15.6. The van der Waals surface area contributed by atoms with E-state index in [1.807, 2.05) is 5.32 Å². The van der Waals surface area contributed by atoms with Crippen molar-refractivity contribution in [3.63, 3.8) is 0 Å². The maximum Gasteiger partial charge on any atom is 0.327 e. The van der Waals surface area contributed by atoms with Crippen LogP contribution in [0.15, 0.2) is 0 Å². The first-order valence-electron chi connectivity index (χ1n) is 5.06. The second-order valence-corrected chi connectivity index (χ2v) is 3.21. The van der Waals surface area contributed by atoms with Crippen molar-refractivity contribution >= 4 is 28.9 Å². The highest BCUT2D eigenvalue weighted by Gasteiger charge is 2.19. The van der Waals surface area contributed by atoms with E-state index in [-0.39, 0.29) is 5.75 Å². The van der Waals surface area contributed by atoms with E-state index < -0.39 is 30.0 Å². The van der Waals surface area contributed by atoms with Gasteiger partial charge in [0.15, 0.2) is 0 Å². The first-order valence-corrected chi connectivity index (χ1v) is 4.55.